The van der Waals surface area contributed by atoms with E-state index in [0.717, 1.165) is 34.8 Å². The standard InChI is InChI=1S/C15H22ClN3/c1-4-7-19-14-8-11(16)5-6-13(14)18-15(19)12(9-17)10(2)3/h5-6,8,10,12H,4,7,9,17H2,1-3H3. The topological polar surface area (TPSA) is 43.8 Å². The van der Waals surface area contributed by atoms with Crippen LogP contribution >= 0.6 is 11.6 Å². The van der Waals surface area contributed by atoms with Crippen molar-refractivity contribution in [2.45, 2.75) is 39.7 Å². The van der Waals surface area contributed by atoms with Gasteiger partial charge in [-0.1, -0.05) is 32.4 Å². The van der Waals surface area contributed by atoms with Gasteiger partial charge in [0, 0.05) is 24.0 Å². The van der Waals surface area contributed by atoms with Crippen molar-refractivity contribution in [3.05, 3.63) is 29.0 Å². The number of benzene rings is 1. The molecule has 1 unspecified atom stereocenters. The first-order valence-corrected chi connectivity index (χ1v) is 7.32. The molecule has 104 valence electrons. The Kier molecular flexibility index (Phi) is 4.48. The number of nitrogens with two attached hydrogens (primary N) is 1. The maximum Gasteiger partial charge on any atom is 0.114 e. The molecule has 19 heavy (non-hydrogen) atoms. The van der Waals surface area contributed by atoms with Crippen molar-refractivity contribution in [2.75, 3.05) is 6.54 Å². The van der Waals surface area contributed by atoms with Crippen LogP contribution in [0.4, 0.5) is 0 Å². The van der Waals surface area contributed by atoms with Crippen molar-refractivity contribution < 1.29 is 0 Å². The summed E-state index contributed by atoms with van der Waals surface area (Å²) >= 11 is 6.11. The van der Waals surface area contributed by atoms with Gasteiger partial charge in [0.1, 0.15) is 5.82 Å². The molecule has 0 fully saturated rings. The smallest absolute Gasteiger partial charge is 0.114 e. The van der Waals surface area contributed by atoms with Gasteiger partial charge >= 0.3 is 0 Å². The van der Waals surface area contributed by atoms with E-state index in [0.29, 0.717) is 12.5 Å². The highest BCUT2D eigenvalue weighted by atomic mass is 35.5. The zero-order valence-corrected chi connectivity index (χ0v) is 12.6. The van der Waals surface area contributed by atoms with E-state index in [1.165, 1.54) is 0 Å². The van der Waals surface area contributed by atoms with Gasteiger partial charge in [-0.3, -0.25) is 0 Å². The highest BCUT2D eigenvalue weighted by molar-refractivity contribution is 6.31. The van der Waals surface area contributed by atoms with Crippen LogP contribution in [0.3, 0.4) is 0 Å². The highest BCUT2D eigenvalue weighted by Crippen LogP contribution is 2.28. The number of nitrogens with zero attached hydrogens (tertiary/aromatic N) is 2. The Morgan fingerprint density at radius 2 is 2.11 bits per heavy atom. The molecular weight excluding hydrogens is 258 g/mol. The second kappa shape index (κ2) is 5.93. The molecule has 0 bridgehead atoms. The minimum Gasteiger partial charge on any atom is -0.330 e. The maximum absolute atomic E-state index is 6.11. The fraction of sp³-hybridized carbons (Fsp3) is 0.533. The monoisotopic (exact) mass is 279 g/mol. The van der Waals surface area contributed by atoms with Crippen LogP contribution in [0.15, 0.2) is 18.2 Å². The fourth-order valence-corrected chi connectivity index (χ4v) is 2.70. The summed E-state index contributed by atoms with van der Waals surface area (Å²) in [6.07, 6.45) is 1.07. The fourth-order valence-electron chi connectivity index (χ4n) is 2.53. The lowest BCUT2D eigenvalue weighted by atomic mass is 9.95. The lowest BCUT2D eigenvalue weighted by Crippen LogP contribution is -2.22. The Morgan fingerprint density at radius 1 is 1.37 bits per heavy atom. The number of hydrogen-bond acceptors (Lipinski definition) is 2. The van der Waals surface area contributed by atoms with E-state index in [1.54, 1.807) is 0 Å². The van der Waals surface area contributed by atoms with Crippen LogP contribution in [0.5, 0.6) is 0 Å². The zero-order chi connectivity index (χ0) is 14.0. The van der Waals surface area contributed by atoms with Gasteiger partial charge in [-0.05, 0) is 30.5 Å². The van der Waals surface area contributed by atoms with Crippen LogP contribution < -0.4 is 5.73 Å². The van der Waals surface area contributed by atoms with E-state index in [-0.39, 0.29) is 5.92 Å². The number of aryl methyl sites for hydroxylation is 1. The van der Waals surface area contributed by atoms with Crippen LogP contribution in [0, 0.1) is 5.92 Å². The van der Waals surface area contributed by atoms with Crippen molar-refractivity contribution in [2.24, 2.45) is 11.7 Å². The Morgan fingerprint density at radius 3 is 2.68 bits per heavy atom. The zero-order valence-electron chi connectivity index (χ0n) is 11.9. The maximum atomic E-state index is 6.11. The van der Waals surface area contributed by atoms with Crippen LogP contribution in [0.1, 0.15) is 38.9 Å². The largest absolute Gasteiger partial charge is 0.330 e. The first-order chi connectivity index (χ1) is 9.08. The number of hydrogen-bond donors (Lipinski definition) is 1. The Bertz CT molecular complexity index is 560. The van der Waals surface area contributed by atoms with Gasteiger partial charge < -0.3 is 10.3 Å². The summed E-state index contributed by atoms with van der Waals surface area (Å²) in [5.41, 5.74) is 8.06. The summed E-state index contributed by atoms with van der Waals surface area (Å²) in [5.74, 6) is 1.86. The van der Waals surface area contributed by atoms with Gasteiger partial charge in [-0.25, -0.2) is 4.98 Å². The molecule has 0 aliphatic rings. The lowest BCUT2D eigenvalue weighted by Gasteiger charge is -2.20. The summed E-state index contributed by atoms with van der Waals surface area (Å²) in [4.78, 5) is 4.79. The molecule has 1 atom stereocenters. The molecule has 1 aromatic carbocycles. The van der Waals surface area contributed by atoms with Gasteiger partial charge in [0.25, 0.3) is 0 Å². The Labute approximate surface area is 119 Å². The molecule has 1 aromatic heterocycles. The SMILES string of the molecule is CCCn1c(C(CN)C(C)C)nc2ccc(Cl)cc21. The first-order valence-electron chi connectivity index (χ1n) is 6.94. The molecule has 2 N–H and O–H groups in total. The van der Waals surface area contributed by atoms with Gasteiger partial charge in [-0.15, -0.1) is 0 Å². The quantitative estimate of drug-likeness (QED) is 0.905. The van der Waals surface area contributed by atoms with Gasteiger partial charge in [-0.2, -0.15) is 0 Å². The van der Waals surface area contributed by atoms with Crippen molar-refractivity contribution >= 4 is 22.6 Å². The summed E-state index contributed by atoms with van der Waals surface area (Å²) in [5, 5.41) is 0.755. The number of halogens is 1. The molecule has 1 heterocycles. The van der Waals surface area contributed by atoms with E-state index in [9.17, 15) is 0 Å². The highest BCUT2D eigenvalue weighted by Gasteiger charge is 2.21. The normalized spacial score (nSPS) is 13.4. The van der Waals surface area contributed by atoms with Gasteiger partial charge in [0.15, 0.2) is 0 Å². The number of aromatic nitrogens is 2. The van der Waals surface area contributed by atoms with E-state index in [1.807, 2.05) is 18.2 Å². The van der Waals surface area contributed by atoms with E-state index in [4.69, 9.17) is 22.3 Å². The van der Waals surface area contributed by atoms with E-state index in [2.05, 4.69) is 25.3 Å². The molecule has 0 aliphatic carbocycles. The molecule has 4 heteroatoms. The van der Waals surface area contributed by atoms with Crippen molar-refractivity contribution in [1.29, 1.82) is 0 Å². The molecule has 0 spiro atoms. The van der Waals surface area contributed by atoms with Crippen molar-refractivity contribution in [1.82, 2.24) is 9.55 Å². The Hall–Kier alpha value is -1.06. The van der Waals surface area contributed by atoms with E-state index < -0.39 is 0 Å². The third-order valence-corrected chi connectivity index (χ3v) is 3.81. The third-order valence-electron chi connectivity index (χ3n) is 3.58. The predicted molar refractivity (Wildman–Crippen MR) is 81.7 cm³/mol. The second-order valence-corrected chi connectivity index (χ2v) is 5.78. The molecule has 0 saturated heterocycles. The molecule has 0 radical (unpaired) electrons. The second-order valence-electron chi connectivity index (χ2n) is 5.34. The number of rotatable bonds is 5. The molecule has 0 saturated carbocycles. The van der Waals surface area contributed by atoms with Crippen molar-refractivity contribution in [3.8, 4) is 0 Å². The minimum atomic E-state index is 0.290. The first kappa shape index (κ1) is 14.4. The lowest BCUT2D eigenvalue weighted by molar-refractivity contribution is 0.462. The summed E-state index contributed by atoms with van der Waals surface area (Å²) in [7, 11) is 0. The summed E-state index contributed by atoms with van der Waals surface area (Å²) in [6.45, 7) is 8.14. The third kappa shape index (κ3) is 2.77. The van der Waals surface area contributed by atoms with E-state index >= 15 is 0 Å². The summed E-state index contributed by atoms with van der Waals surface area (Å²) in [6, 6.07) is 5.88. The Balaban J connectivity index is 2.62. The molecular formula is C15H22ClN3. The molecule has 2 rings (SSSR count). The molecule has 3 nitrogen and oxygen atoms in total. The number of fused-ring (bicyclic) bond motifs is 1. The molecule has 0 aliphatic heterocycles. The molecule has 0 amide bonds. The van der Waals surface area contributed by atoms with Crippen LogP contribution in [-0.2, 0) is 6.54 Å². The van der Waals surface area contributed by atoms with Gasteiger partial charge in [0.2, 0.25) is 0 Å². The predicted octanol–water partition coefficient (Wildman–Crippen LogP) is 3.80. The summed E-state index contributed by atoms with van der Waals surface area (Å²) < 4.78 is 2.28. The average molecular weight is 280 g/mol. The average Bonchev–Trinajstić information content (AvgIpc) is 2.69. The van der Waals surface area contributed by atoms with Gasteiger partial charge in [0.05, 0.1) is 11.0 Å². The van der Waals surface area contributed by atoms with Crippen molar-refractivity contribution in [3.63, 3.8) is 0 Å². The minimum absolute atomic E-state index is 0.290. The van der Waals surface area contributed by atoms with Crippen LogP contribution in [0.25, 0.3) is 11.0 Å². The van der Waals surface area contributed by atoms with Crippen LogP contribution in [0.2, 0.25) is 5.02 Å². The number of imidazole rings is 1. The van der Waals surface area contributed by atoms with Crippen LogP contribution in [-0.4, -0.2) is 16.1 Å². The molecule has 2 aromatic rings.